The molecule has 6 nitrogen and oxygen atoms in total. The van der Waals surface area contributed by atoms with Crippen LogP contribution in [0.5, 0.6) is 5.75 Å². The van der Waals surface area contributed by atoms with Gasteiger partial charge in [0.25, 0.3) is 0 Å². The molecule has 2 amide bonds. The minimum Gasteiger partial charge on any atom is -0.496 e. The lowest BCUT2D eigenvalue weighted by atomic mass is 10.2. The third-order valence-corrected chi connectivity index (χ3v) is 3.39. The molecule has 7 heteroatoms. The van der Waals surface area contributed by atoms with Crippen molar-refractivity contribution in [3.8, 4) is 5.75 Å². The van der Waals surface area contributed by atoms with Gasteiger partial charge in [0.1, 0.15) is 5.75 Å². The number of carbonyl (C=O) groups is 2. The molecule has 3 N–H and O–H groups in total. The van der Waals surface area contributed by atoms with Gasteiger partial charge in [-0.05, 0) is 32.0 Å². The van der Waals surface area contributed by atoms with Gasteiger partial charge >= 0.3 is 0 Å². The zero-order valence-corrected chi connectivity index (χ0v) is 13.8. The summed E-state index contributed by atoms with van der Waals surface area (Å²) >= 11 is 5.94. The van der Waals surface area contributed by atoms with Crippen LogP contribution >= 0.6 is 11.6 Å². The standard InChI is InChI=1S/C15H22ClN3O3/c1-10(2)19(8-14(17)20)9-15(21)18-7-11-6-12(16)4-5-13(11)22-3/h4-6,10H,7-9H2,1-3H3,(H2,17,20)(H,18,21). The number of nitrogens with two attached hydrogens (primary N) is 1. The number of rotatable bonds is 8. The zero-order chi connectivity index (χ0) is 16.7. The van der Waals surface area contributed by atoms with E-state index < -0.39 is 5.91 Å². The van der Waals surface area contributed by atoms with Crippen LogP contribution in [0.15, 0.2) is 18.2 Å². The summed E-state index contributed by atoms with van der Waals surface area (Å²) in [6.45, 7) is 4.24. The molecule has 0 unspecified atom stereocenters. The molecular formula is C15H22ClN3O3. The Morgan fingerprint density at radius 1 is 1.36 bits per heavy atom. The second-order valence-electron chi connectivity index (χ2n) is 5.20. The second kappa shape index (κ2) is 8.60. The molecule has 1 rings (SSSR count). The maximum Gasteiger partial charge on any atom is 0.234 e. The Balaban J connectivity index is 2.62. The number of halogens is 1. The van der Waals surface area contributed by atoms with E-state index >= 15 is 0 Å². The summed E-state index contributed by atoms with van der Waals surface area (Å²) in [5.41, 5.74) is 5.97. The number of carbonyl (C=O) groups excluding carboxylic acids is 2. The number of hydrogen-bond acceptors (Lipinski definition) is 4. The Morgan fingerprint density at radius 2 is 2.05 bits per heavy atom. The van der Waals surface area contributed by atoms with Crippen LogP contribution in [0.4, 0.5) is 0 Å². The summed E-state index contributed by atoms with van der Waals surface area (Å²) in [5, 5.41) is 3.36. The van der Waals surface area contributed by atoms with E-state index in [9.17, 15) is 9.59 Å². The van der Waals surface area contributed by atoms with E-state index in [4.69, 9.17) is 22.1 Å². The molecular weight excluding hydrogens is 306 g/mol. The van der Waals surface area contributed by atoms with Gasteiger partial charge in [0.05, 0.1) is 20.2 Å². The van der Waals surface area contributed by atoms with Gasteiger partial charge < -0.3 is 15.8 Å². The molecule has 1 aromatic rings. The third kappa shape index (κ3) is 5.91. The van der Waals surface area contributed by atoms with Crippen LogP contribution in [0, 0.1) is 0 Å². The normalized spacial score (nSPS) is 10.8. The van der Waals surface area contributed by atoms with Gasteiger partial charge in [0, 0.05) is 23.2 Å². The Bertz CT molecular complexity index is 535. The quantitative estimate of drug-likeness (QED) is 0.750. The number of ether oxygens (including phenoxy) is 1. The van der Waals surface area contributed by atoms with Crippen LogP contribution in [0.2, 0.25) is 5.02 Å². The lowest BCUT2D eigenvalue weighted by molar-refractivity contribution is -0.124. The second-order valence-corrected chi connectivity index (χ2v) is 5.63. The molecule has 0 aliphatic carbocycles. The first-order chi connectivity index (χ1) is 10.3. The van der Waals surface area contributed by atoms with E-state index in [0.717, 1.165) is 5.56 Å². The number of primary amides is 1. The Labute approximate surface area is 135 Å². The molecule has 122 valence electrons. The van der Waals surface area contributed by atoms with Gasteiger partial charge in [-0.15, -0.1) is 0 Å². The van der Waals surface area contributed by atoms with Crippen LogP contribution < -0.4 is 15.8 Å². The number of amides is 2. The van der Waals surface area contributed by atoms with E-state index in [1.807, 2.05) is 13.8 Å². The molecule has 0 aromatic heterocycles. The largest absolute Gasteiger partial charge is 0.496 e. The molecule has 0 bridgehead atoms. The highest BCUT2D eigenvalue weighted by Crippen LogP contribution is 2.22. The van der Waals surface area contributed by atoms with Crippen molar-refractivity contribution in [2.75, 3.05) is 20.2 Å². The molecule has 0 aliphatic rings. The molecule has 0 radical (unpaired) electrons. The average molecular weight is 328 g/mol. The predicted octanol–water partition coefficient (Wildman–Crippen LogP) is 1.16. The highest BCUT2D eigenvalue weighted by atomic mass is 35.5. The fourth-order valence-electron chi connectivity index (χ4n) is 1.94. The molecule has 1 aromatic carbocycles. The number of nitrogens with one attached hydrogen (secondary N) is 1. The molecule has 0 spiro atoms. The summed E-state index contributed by atoms with van der Waals surface area (Å²) in [4.78, 5) is 24.7. The first-order valence-electron chi connectivity index (χ1n) is 6.95. The lowest BCUT2D eigenvalue weighted by Gasteiger charge is -2.24. The maximum absolute atomic E-state index is 12.0. The molecule has 0 heterocycles. The lowest BCUT2D eigenvalue weighted by Crippen LogP contribution is -2.44. The van der Waals surface area contributed by atoms with Crippen molar-refractivity contribution in [3.63, 3.8) is 0 Å². The van der Waals surface area contributed by atoms with Crippen LogP contribution in [0.1, 0.15) is 19.4 Å². The molecule has 0 fully saturated rings. The van der Waals surface area contributed by atoms with Crippen molar-refractivity contribution in [1.82, 2.24) is 10.2 Å². The molecule has 0 saturated carbocycles. The van der Waals surface area contributed by atoms with Gasteiger partial charge in [0.15, 0.2) is 0 Å². The van der Waals surface area contributed by atoms with Crippen LogP contribution in [0.3, 0.4) is 0 Å². The van der Waals surface area contributed by atoms with Crippen molar-refractivity contribution in [1.29, 1.82) is 0 Å². The highest BCUT2D eigenvalue weighted by Gasteiger charge is 2.16. The number of hydrogen-bond donors (Lipinski definition) is 2. The monoisotopic (exact) mass is 327 g/mol. The SMILES string of the molecule is COc1ccc(Cl)cc1CNC(=O)CN(CC(N)=O)C(C)C. The van der Waals surface area contributed by atoms with Crippen LogP contribution in [0.25, 0.3) is 0 Å². The topological polar surface area (TPSA) is 84.7 Å². The first-order valence-corrected chi connectivity index (χ1v) is 7.32. The van der Waals surface area contributed by atoms with E-state index in [0.29, 0.717) is 17.3 Å². The summed E-state index contributed by atoms with van der Waals surface area (Å²) < 4.78 is 5.22. The van der Waals surface area contributed by atoms with E-state index in [1.54, 1.807) is 30.2 Å². The highest BCUT2D eigenvalue weighted by molar-refractivity contribution is 6.30. The zero-order valence-electron chi connectivity index (χ0n) is 13.1. The Morgan fingerprint density at radius 3 is 2.59 bits per heavy atom. The molecule has 0 saturated heterocycles. The average Bonchev–Trinajstić information content (AvgIpc) is 2.44. The molecule has 0 aliphatic heterocycles. The van der Waals surface area contributed by atoms with Crippen molar-refractivity contribution < 1.29 is 14.3 Å². The minimum atomic E-state index is -0.460. The summed E-state index contributed by atoms with van der Waals surface area (Å²) in [6, 6.07) is 5.25. The minimum absolute atomic E-state index is 0.0407. The summed E-state index contributed by atoms with van der Waals surface area (Å²) in [7, 11) is 1.56. The van der Waals surface area contributed by atoms with E-state index in [1.165, 1.54) is 0 Å². The van der Waals surface area contributed by atoms with Crippen molar-refractivity contribution in [3.05, 3.63) is 28.8 Å². The van der Waals surface area contributed by atoms with E-state index in [-0.39, 0.29) is 25.0 Å². The smallest absolute Gasteiger partial charge is 0.234 e. The summed E-state index contributed by atoms with van der Waals surface area (Å²) in [5.74, 6) is -0.00228. The van der Waals surface area contributed by atoms with Gasteiger partial charge in [-0.1, -0.05) is 11.6 Å². The van der Waals surface area contributed by atoms with E-state index in [2.05, 4.69) is 5.32 Å². The number of nitrogens with zero attached hydrogens (tertiary/aromatic N) is 1. The summed E-state index contributed by atoms with van der Waals surface area (Å²) in [6.07, 6.45) is 0. The molecule has 0 atom stereocenters. The van der Waals surface area contributed by atoms with Crippen molar-refractivity contribution >= 4 is 23.4 Å². The van der Waals surface area contributed by atoms with Gasteiger partial charge in [-0.3, -0.25) is 14.5 Å². The van der Waals surface area contributed by atoms with Crippen LogP contribution in [-0.2, 0) is 16.1 Å². The number of methoxy groups -OCH3 is 1. The van der Waals surface area contributed by atoms with Gasteiger partial charge in [-0.25, -0.2) is 0 Å². The fraction of sp³-hybridized carbons (Fsp3) is 0.467. The number of benzene rings is 1. The predicted molar refractivity (Wildman–Crippen MR) is 85.8 cm³/mol. The van der Waals surface area contributed by atoms with Crippen molar-refractivity contribution in [2.24, 2.45) is 5.73 Å². The van der Waals surface area contributed by atoms with Crippen LogP contribution in [-0.4, -0.2) is 43.0 Å². The third-order valence-electron chi connectivity index (χ3n) is 3.15. The Kier molecular flexibility index (Phi) is 7.14. The molecule has 22 heavy (non-hydrogen) atoms. The van der Waals surface area contributed by atoms with Gasteiger partial charge in [0.2, 0.25) is 11.8 Å². The van der Waals surface area contributed by atoms with Crippen molar-refractivity contribution in [2.45, 2.75) is 26.4 Å². The van der Waals surface area contributed by atoms with Gasteiger partial charge in [-0.2, -0.15) is 0 Å². The first kappa shape index (κ1) is 18.3. The Hall–Kier alpha value is -1.79. The maximum atomic E-state index is 12.0. The fourth-order valence-corrected chi connectivity index (χ4v) is 2.14.